The van der Waals surface area contributed by atoms with E-state index in [1.54, 1.807) is 0 Å². The van der Waals surface area contributed by atoms with E-state index < -0.39 is 45.9 Å². The predicted molar refractivity (Wildman–Crippen MR) is 216 cm³/mol. The number of H-pyrrole nitrogens is 1. The van der Waals surface area contributed by atoms with Gasteiger partial charge in [0.2, 0.25) is 5.60 Å². The maximum Gasteiger partial charge on any atom is 0.344 e. The number of aromatic amines is 1. The smallest absolute Gasteiger partial charge is 0.344 e. The highest BCUT2D eigenvalue weighted by Gasteiger charge is 2.80. The summed E-state index contributed by atoms with van der Waals surface area (Å²) in [5, 5.41) is 15.2. The Bertz CT molecular complexity index is 2180. The molecule has 5 aliphatic heterocycles. The van der Waals surface area contributed by atoms with Gasteiger partial charge in [0, 0.05) is 89.7 Å². The van der Waals surface area contributed by atoms with Crippen LogP contribution >= 0.6 is 11.6 Å². The topological polar surface area (TPSA) is 98.3 Å². The Hall–Kier alpha value is -3.63. The number of nitrogens with one attached hydrogen (secondary N) is 1. The molecule has 1 saturated carbocycles. The summed E-state index contributed by atoms with van der Waals surface area (Å²) >= 11 is 6.69. The number of anilines is 1. The highest BCUT2D eigenvalue weighted by atomic mass is 35.5. The summed E-state index contributed by atoms with van der Waals surface area (Å²) in [5.41, 5.74) is 5.68. The molecular formula is C45H55ClN4O5. The number of fused-ring (bicyclic) bond motifs is 6. The molecule has 55 heavy (non-hydrogen) atoms. The third kappa shape index (κ3) is 4.88. The van der Waals surface area contributed by atoms with Crippen LogP contribution in [0.4, 0.5) is 5.69 Å². The minimum absolute atomic E-state index is 0.130. The monoisotopic (exact) mass is 766 g/mol. The normalized spacial score (nSPS) is 36.2. The van der Waals surface area contributed by atoms with Crippen LogP contribution < -0.4 is 4.90 Å². The molecule has 9 atom stereocenters. The van der Waals surface area contributed by atoms with E-state index in [4.69, 9.17) is 21.1 Å². The van der Waals surface area contributed by atoms with Crippen LogP contribution in [-0.4, -0.2) is 102 Å². The van der Waals surface area contributed by atoms with Crippen LogP contribution in [0.15, 0.2) is 54.1 Å². The summed E-state index contributed by atoms with van der Waals surface area (Å²) in [6, 6.07) is 10.1. The Balaban J connectivity index is 1.31. The summed E-state index contributed by atoms with van der Waals surface area (Å²) < 4.78 is 11.7. The number of likely N-dealkylation sites (N-methyl/N-ethyl adjacent to an activating group) is 1. The Labute approximate surface area is 329 Å². The van der Waals surface area contributed by atoms with Crippen molar-refractivity contribution in [1.29, 1.82) is 0 Å². The molecule has 9 rings (SSSR count). The summed E-state index contributed by atoms with van der Waals surface area (Å²) in [7, 11) is 3.31. The quantitative estimate of drug-likeness (QED) is 0.222. The summed E-state index contributed by atoms with van der Waals surface area (Å²) in [6.07, 6.45) is 9.86. The van der Waals surface area contributed by atoms with Gasteiger partial charge in [0.05, 0.1) is 13.2 Å². The molecule has 3 unspecified atom stereocenters. The molecule has 1 spiro atoms. The number of aryl methyl sites for hydroxylation is 1. The van der Waals surface area contributed by atoms with Crippen molar-refractivity contribution >= 4 is 40.1 Å². The minimum Gasteiger partial charge on any atom is -0.467 e. The third-order valence-electron chi connectivity index (χ3n) is 15.0. The summed E-state index contributed by atoms with van der Waals surface area (Å²) in [4.78, 5) is 38.5. The number of hydrogen-bond donors (Lipinski definition) is 2. The predicted octanol–water partition coefficient (Wildman–Crippen LogP) is 6.60. The van der Waals surface area contributed by atoms with Crippen molar-refractivity contribution in [2.75, 3.05) is 51.8 Å². The minimum atomic E-state index is -2.15. The van der Waals surface area contributed by atoms with Crippen molar-refractivity contribution in [2.45, 2.75) is 101 Å². The van der Waals surface area contributed by atoms with Crippen molar-refractivity contribution in [1.82, 2.24) is 14.8 Å². The van der Waals surface area contributed by atoms with Crippen LogP contribution in [0.1, 0.15) is 81.3 Å². The molecule has 6 heterocycles. The fourth-order valence-electron chi connectivity index (χ4n) is 13.0. The first-order valence-corrected chi connectivity index (χ1v) is 20.6. The molecule has 0 radical (unpaired) electrons. The van der Waals surface area contributed by atoms with Crippen LogP contribution in [0, 0.1) is 18.3 Å². The number of carbonyl (C=O) groups is 2. The molecule has 1 aromatic heterocycles. The van der Waals surface area contributed by atoms with E-state index in [1.165, 1.54) is 41.8 Å². The lowest BCUT2D eigenvalue weighted by Gasteiger charge is -2.63. The van der Waals surface area contributed by atoms with Crippen molar-refractivity contribution < 1.29 is 24.2 Å². The summed E-state index contributed by atoms with van der Waals surface area (Å²) in [5.74, 6) is -0.941. The average Bonchev–Trinajstić information content (AvgIpc) is 3.82. The van der Waals surface area contributed by atoms with Gasteiger partial charge < -0.3 is 24.5 Å². The van der Waals surface area contributed by atoms with Crippen molar-refractivity contribution in [3.63, 3.8) is 0 Å². The standard InChI is InChI=1S/C45H55ClN4O5/c1-8-28-20-29-23-42(5,37-31(13-17-49(24-28)25-29)32-21-30(46)11-12-35(32)47-37)33-22-34-36(19-26(33)3)48(6)39-44(34)15-18-50-16-10-14-43(9-2,38(44)50)40(55-27(4)51)45(39,53)41(52)54-7/h10-12,14,19-22,29,38-40,47,53H,8-9,13,15-18,23-25H2,1-7H3/t29-,38-,39?,40+,42+,43+,44+,45?/m0/s1. The fourth-order valence-corrected chi connectivity index (χ4v) is 13.2. The van der Waals surface area contributed by atoms with Gasteiger partial charge in [-0.3, -0.25) is 14.6 Å². The highest BCUT2D eigenvalue weighted by Crippen LogP contribution is 2.68. The van der Waals surface area contributed by atoms with E-state index in [0.717, 1.165) is 85.8 Å². The van der Waals surface area contributed by atoms with Crippen LogP contribution in [0.5, 0.6) is 0 Å². The number of aromatic nitrogens is 1. The number of methoxy groups -OCH3 is 1. The number of aliphatic hydroxyl groups is 1. The second-order valence-corrected chi connectivity index (χ2v) is 18.1. The lowest BCUT2D eigenvalue weighted by atomic mass is 9.47. The molecule has 2 fully saturated rings. The number of benzene rings is 2. The summed E-state index contributed by atoms with van der Waals surface area (Å²) in [6.45, 7) is 14.9. The van der Waals surface area contributed by atoms with E-state index >= 15 is 0 Å². The fraction of sp³-hybridized carbons (Fsp3) is 0.556. The van der Waals surface area contributed by atoms with E-state index in [1.807, 2.05) is 13.1 Å². The van der Waals surface area contributed by atoms with Gasteiger partial charge in [-0.1, -0.05) is 55.3 Å². The molecule has 292 valence electrons. The van der Waals surface area contributed by atoms with Crippen molar-refractivity contribution in [3.05, 3.63) is 87.1 Å². The maximum atomic E-state index is 14.3. The first-order valence-electron chi connectivity index (χ1n) is 20.3. The van der Waals surface area contributed by atoms with Gasteiger partial charge in [0.25, 0.3) is 0 Å². The third-order valence-corrected chi connectivity index (χ3v) is 15.2. The number of hydrogen-bond acceptors (Lipinski definition) is 8. The largest absolute Gasteiger partial charge is 0.467 e. The van der Waals surface area contributed by atoms with E-state index in [-0.39, 0.29) is 6.04 Å². The maximum absolute atomic E-state index is 14.3. The zero-order chi connectivity index (χ0) is 38.8. The van der Waals surface area contributed by atoms with Gasteiger partial charge in [-0.05, 0) is 105 Å². The molecule has 9 nitrogen and oxygen atoms in total. The molecule has 1 aliphatic carbocycles. The van der Waals surface area contributed by atoms with E-state index in [9.17, 15) is 14.7 Å². The molecule has 2 N–H and O–H groups in total. The first kappa shape index (κ1) is 37.0. The molecular weight excluding hydrogens is 712 g/mol. The van der Waals surface area contributed by atoms with Gasteiger partial charge in [-0.15, -0.1) is 0 Å². The Morgan fingerprint density at radius 3 is 2.64 bits per heavy atom. The van der Waals surface area contributed by atoms with Crippen LogP contribution in [0.2, 0.25) is 5.02 Å². The zero-order valence-electron chi connectivity index (χ0n) is 33.3. The number of halogens is 1. The lowest BCUT2D eigenvalue weighted by molar-refractivity contribution is -0.228. The Kier molecular flexibility index (Phi) is 8.53. The SMILES string of the molecule is CCC1=C[C@@H]2CN(CCc3c([nH]c4ccc(Cl)cc34)[C@@](C)(c3cc4c(cc3C)N(C)C3C(O)(C(=O)OC)[C@H](OC(C)=O)[C@]5(CC)C=CCN6CC[C@]43[C@@H]65)C2)C1. The van der Waals surface area contributed by atoms with Gasteiger partial charge in [-0.25, -0.2) is 4.79 Å². The van der Waals surface area contributed by atoms with Gasteiger partial charge in [-0.2, -0.15) is 0 Å². The molecule has 1 saturated heterocycles. The average molecular weight is 767 g/mol. The zero-order valence-corrected chi connectivity index (χ0v) is 34.1. The van der Waals surface area contributed by atoms with Crippen LogP contribution in [0.3, 0.4) is 0 Å². The van der Waals surface area contributed by atoms with Crippen LogP contribution in [0.25, 0.3) is 10.9 Å². The first-order chi connectivity index (χ1) is 26.3. The van der Waals surface area contributed by atoms with E-state index in [0.29, 0.717) is 12.3 Å². The molecule has 10 heteroatoms. The van der Waals surface area contributed by atoms with Crippen molar-refractivity contribution in [3.8, 4) is 0 Å². The highest BCUT2D eigenvalue weighted by molar-refractivity contribution is 6.31. The molecule has 0 amide bonds. The second-order valence-electron chi connectivity index (χ2n) is 17.7. The Morgan fingerprint density at radius 1 is 1.11 bits per heavy atom. The van der Waals surface area contributed by atoms with Gasteiger partial charge in [0.15, 0.2) is 6.10 Å². The number of esters is 2. The second kappa shape index (κ2) is 12.7. The van der Waals surface area contributed by atoms with E-state index in [2.05, 4.69) is 89.9 Å². The van der Waals surface area contributed by atoms with Crippen LogP contribution in [-0.2, 0) is 36.3 Å². The number of ether oxygens (including phenoxy) is 2. The molecule has 2 bridgehead atoms. The van der Waals surface area contributed by atoms with Gasteiger partial charge >= 0.3 is 11.9 Å². The lowest BCUT2D eigenvalue weighted by Crippen LogP contribution is -2.81. The number of carbonyl (C=O) groups excluding carboxylic acids is 2. The van der Waals surface area contributed by atoms with Crippen molar-refractivity contribution in [2.24, 2.45) is 11.3 Å². The number of nitrogens with zero attached hydrogens (tertiary/aromatic N) is 3. The Morgan fingerprint density at radius 2 is 1.91 bits per heavy atom. The number of rotatable bonds is 5. The molecule has 6 aliphatic rings. The van der Waals surface area contributed by atoms with Gasteiger partial charge in [0.1, 0.15) is 0 Å². The molecule has 3 aromatic rings. The molecule has 2 aromatic carbocycles.